The molecule has 0 unspecified atom stereocenters. The quantitative estimate of drug-likeness (QED) is 0.415. The number of hydrogen-bond donors (Lipinski definition) is 4. The molecule has 0 spiro atoms. The summed E-state index contributed by atoms with van der Waals surface area (Å²) in [6.45, 7) is 0. The Morgan fingerprint density at radius 2 is 1.20 bits per heavy atom. The zero-order chi connectivity index (χ0) is 10.6. The number of hydrogen-bond acceptors (Lipinski definition) is 4. The first-order chi connectivity index (χ1) is 5.78. The van der Waals surface area contributed by atoms with E-state index in [0.717, 1.165) is 0 Å². The third-order valence-corrected chi connectivity index (χ3v) is 1.29. The second kappa shape index (κ2) is 7.18. The summed E-state index contributed by atoms with van der Waals surface area (Å²) in [4.78, 5) is 30.5. The van der Waals surface area contributed by atoms with Crippen molar-refractivity contribution in [1.82, 2.24) is 0 Å². The summed E-state index contributed by atoms with van der Waals surface area (Å²) in [7, 11) is 0. The van der Waals surface area contributed by atoms with Crippen molar-refractivity contribution in [3.8, 4) is 0 Å². The maximum Gasteiger partial charge on any atom is 0.336 e. The second-order valence-electron chi connectivity index (χ2n) is 2.48. The van der Waals surface area contributed by atoms with Crippen LogP contribution >= 0.6 is 0 Å². The molecular formula is C6H10FeO8. The van der Waals surface area contributed by atoms with Crippen molar-refractivity contribution in [3.63, 3.8) is 0 Å². The Bertz CT molecular complexity index is 234. The number of aliphatic hydroxyl groups is 1. The number of carboxylic acids is 3. The first-order valence-electron chi connectivity index (χ1n) is 3.17. The molecule has 0 radical (unpaired) electrons. The fourth-order valence-corrected chi connectivity index (χ4v) is 0.714. The van der Waals surface area contributed by atoms with Gasteiger partial charge in [-0.1, -0.05) is 0 Å². The molecule has 0 aliphatic rings. The molecule has 0 heterocycles. The summed E-state index contributed by atoms with van der Waals surface area (Å²) < 4.78 is 0. The van der Waals surface area contributed by atoms with Crippen LogP contribution in [0, 0.1) is 0 Å². The predicted octanol–water partition coefficient (Wildman–Crippen LogP) is -2.08. The average molecular weight is 266 g/mol. The van der Waals surface area contributed by atoms with E-state index in [-0.39, 0.29) is 22.5 Å². The van der Waals surface area contributed by atoms with Crippen molar-refractivity contribution in [2.24, 2.45) is 0 Å². The Morgan fingerprint density at radius 3 is 1.33 bits per heavy atom. The molecule has 0 amide bonds. The summed E-state index contributed by atoms with van der Waals surface area (Å²) >= 11 is 0. The molecule has 8 nitrogen and oxygen atoms in total. The largest absolute Gasteiger partial charge is 0.481 e. The molecule has 0 aromatic carbocycles. The van der Waals surface area contributed by atoms with Crippen LogP contribution in [0.5, 0.6) is 0 Å². The number of rotatable bonds is 5. The fraction of sp³-hybridized carbons (Fsp3) is 0.500. The van der Waals surface area contributed by atoms with Gasteiger partial charge in [0.15, 0.2) is 5.60 Å². The Hall–Kier alpha value is -1.15. The molecule has 0 saturated carbocycles. The van der Waals surface area contributed by atoms with Gasteiger partial charge in [-0.25, -0.2) is 4.79 Å². The number of aliphatic carboxylic acids is 3. The van der Waals surface area contributed by atoms with Crippen LogP contribution in [-0.4, -0.2) is 49.4 Å². The van der Waals surface area contributed by atoms with E-state index in [1.54, 1.807) is 0 Å². The van der Waals surface area contributed by atoms with Crippen LogP contribution in [0.3, 0.4) is 0 Å². The smallest absolute Gasteiger partial charge is 0.336 e. The SMILES string of the molecule is O.O=C(O)CC(O)(CC(=O)O)C(=O)O.[Fe]. The summed E-state index contributed by atoms with van der Waals surface area (Å²) in [5.41, 5.74) is -2.74. The van der Waals surface area contributed by atoms with Crippen molar-refractivity contribution >= 4 is 17.9 Å². The molecule has 0 aromatic heterocycles. The summed E-state index contributed by atoms with van der Waals surface area (Å²) in [5.74, 6) is -5.02. The molecule has 0 atom stereocenters. The standard InChI is InChI=1S/C6H8O7.Fe.H2O/c7-3(8)1-6(13,5(11)12)2-4(9)10;;/h13H,1-2H2,(H,7,8)(H,9,10)(H,11,12);;1H2. The van der Waals surface area contributed by atoms with Crippen molar-refractivity contribution in [3.05, 3.63) is 0 Å². The van der Waals surface area contributed by atoms with Gasteiger partial charge in [0, 0.05) is 17.1 Å². The van der Waals surface area contributed by atoms with E-state index in [4.69, 9.17) is 20.4 Å². The molecule has 0 saturated heterocycles. The fourth-order valence-electron chi connectivity index (χ4n) is 0.714. The van der Waals surface area contributed by atoms with Gasteiger partial charge >= 0.3 is 17.9 Å². The van der Waals surface area contributed by atoms with Crippen LogP contribution in [0.15, 0.2) is 0 Å². The monoisotopic (exact) mass is 266 g/mol. The van der Waals surface area contributed by atoms with E-state index in [0.29, 0.717) is 0 Å². The predicted molar refractivity (Wildman–Crippen MR) is 40.7 cm³/mol. The van der Waals surface area contributed by atoms with Gasteiger partial charge in [0.2, 0.25) is 0 Å². The third kappa shape index (κ3) is 6.86. The molecule has 0 fully saturated rings. The molecule has 6 N–H and O–H groups in total. The van der Waals surface area contributed by atoms with E-state index < -0.39 is 36.4 Å². The summed E-state index contributed by atoms with van der Waals surface area (Å²) in [5, 5.41) is 33.8. The minimum atomic E-state index is -2.74. The average Bonchev–Trinajstić information content (AvgIpc) is 1.82. The van der Waals surface area contributed by atoms with Gasteiger partial charge in [-0.05, 0) is 0 Å². The van der Waals surface area contributed by atoms with Crippen LogP contribution in [0.2, 0.25) is 0 Å². The van der Waals surface area contributed by atoms with E-state index in [1.165, 1.54) is 0 Å². The van der Waals surface area contributed by atoms with E-state index in [2.05, 4.69) is 0 Å². The van der Waals surface area contributed by atoms with Gasteiger partial charge in [0.05, 0.1) is 12.8 Å². The van der Waals surface area contributed by atoms with Gasteiger partial charge in [-0.3, -0.25) is 9.59 Å². The number of carboxylic acid groups (broad SMARTS) is 3. The molecule has 0 bridgehead atoms. The first kappa shape index (κ1) is 19.4. The molecule has 0 rings (SSSR count). The zero-order valence-electron chi connectivity index (χ0n) is 7.28. The van der Waals surface area contributed by atoms with Gasteiger partial charge in [0.1, 0.15) is 0 Å². The molecule has 90 valence electrons. The van der Waals surface area contributed by atoms with Crippen LogP contribution in [0.4, 0.5) is 0 Å². The van der Waals surface area contributed by atoms with Crippen LogP contribution in [0.1, 0.15) is 12.8 Å². The molecule has 0 aliphatic heterocycles. The van der Waals surface area contributed by atoms with Crippen LogP contribution in [-0.2, 0) is 31.5 Å². The van der Waals surface area contributed by atoms with E-state index in [9.17, 15) is 14.4 Å². The minimum Gasteiger partial charge on any atom is -0.481 e. The second-order valence-corrected chi connectivity index (χ2v) is 2.48. The molecule has 0 aliphatic carbocycles. The minimum absolute atomic E-state index is 0. The van der Waals surface area contributed by atoms with Crippen molar-refractivity contribution < 1.29 is 57.4 Å². The molecule has 15 heavy (non-hydrogen) atoms. The van der Waals surface area contributed by atoms with Gasteiger partial charge in [-0.15, -0.1) is 0 Å². The van der Waals surface area contributed by atoms with Crippen LogP contribution < -0.4 is 0 Å². The van der Waals surface area contributed by atoms with Crippen molar-refractivity contribution in [1.29, 1.82) is 0 Å². The Labute approximate surface area is 94.3 Å². The first-order valence-corrected chi connectivity index (χ1v) is 3.17. The maximum atomic E-state index is 10.3. The van der Waals surface area contributed by atoms with Crippen molar-refractivity contribution in [2.45, 2.75) is 18.4 Å². The Morgan fingerprint density at radius 1 is 0.933 bits per heavy atom. The van der Waals surface area contributed by atoms with Crippen molar-refractivity contribution in [2.75, 3.05) is 0 Å². The Balaban J connectivity index is -0.000000720. The van der Waals surface area contributed by atoms with Gasteiger partial charge in [-0.2, -0.15) is 0 Å². The normalized spacial score (nSPS) is 9.40. The Kier molecular flexibility index (Phi) is 9.30. The van der Waals surface area contributed by atoms with E-state index >= 15 is 0 Å². The summed E-state index contributed by atoms with van der Waals surface area (Å²) in [6, 6.07) is 0. The molecule has 9 heteroatoms. The molecular weight excluding hydrogens is 256 g/mol. The maximum absolute atomic E-state index is 10.3. The zero-order valence-corrected chi connectivity index (χ0v) is 8.39. The number of carbonyl (C=O) groups is 3. The third-order valence-electron chi connectivity index (χ3n) is 1.29. The van der Waals surface area contributed by atoms with E-state index in [1.807, 2.05) is 0 Å². The van der Waals surface area contributed by atoms with Gasteiger partial charge in [0.25, 0.3) is 0 Å². The summed E-state index contributed by atoms with van der Waals surface area (Å²) in [6.07, 6.45) is -2.29. The van der Waals surface area contributed by atoms with Crippen LogP contribution in [0.25, 0.3) is 0 Å². The molecule has 0 aromatic rings. The topological polar surface area (TPSA) is 164 Å². The van der Waals surface area contributed by atoms with Gasteiger partial charge < -0.3 is 25.9 Å².